The van der Waals surface area contributed by atoms with Gasteiger partial charge in [0.25, 0.3) is 0 Å². The monoisotopic (exact) mass is 504 g/mol. The first-order chi connectivity index (χ1) is 17.1. The van der Waals surface area contributed by atoms with Crippen molar-refractivity contribution in [2.45, 2.75) is 38.7 Å². The quantitative estimate of drug-likeness (QED) is 0.412. The Morgan fingerprint density at radius 3 is 1.89 bits per heavy atom. The van der Waals surface area contributed by atoms with Crippen LogP contribution in [0.15, 0.2) is 72.8 Å². The number of Topliss-reactive ketones (excluding diaryl/α,β-unsaturated/α-hetero) is 1. The van der Waals surface area contributed by atoms with Gasteiger partial charge in [0.1, 0.15) is 11.7 Å². The molecule has 2 amide bonds. The molecule has 3 aromatic rings. The Bertz CT molecular complexity index is 1300. The van der Waals surface area contributed by atoms with Crippen LogP contribution in [0.2, 0.25) is 5.02 Å². The third-order valence-corrected chi connectivity index (χ3v) is 7.14. The highest BCUT2D eigenvalue weighted by atomic mass is 35.5. The van der Waals surface area contributed by atoms with Gasteiger partial charge in [0, 0.05) is 28.7 Å². The average Bonchev–Trinajstić information content (AvgIpc) is 2.81. The van der Waals surface area contributed by atoms with Crippen molar-refractivity contribution in [2.75, 3.05) is 10.6 Å². The second-order valence-corrected chi connectivity index (χ2v) is 10.1. The first-order valence-corrected chi connectivity index (χ1v) is 12.2. The molecule has 36 heavy (non-hydrogen) atoms. The number of aliphatic hydroxyl groups is 1. The zero-order chi connectivity index (χ0) is 26.0. The number of anilines is 2. The van der Waals surface area contributed by atoms with Crippen molar-refractivity contribution in [3.05, 3.63) is 94.5 Å². The fraction of sp³-hybridized carbons (Fsp3) is 0.276. The number of halogens is 1. The minimum absolute atomic E-state index is 0.325. The topological polar surface area (TPSA) is 95.5 Å². The van der Waals surface area contributed by atoms with E-state index in [-0.39, 0.29) is 6.42 Å². The number of benzene rings is 3. The first kappa shape index (κ1) is 25.6. The second-order valence-electron chi connectivity index (χ2n) is 9.64. The summed E-state index contributed by atoms with van der Waals surface area (Å²) >= 11 is 6.11. The van der Waals surface area contributed by atoms with Crippen LogP contribution in [0.4, 0.5) is 11.4 Å². The number of carbonyl (C=O) groups excluding carboxylic acids is 3. The third kappa shape index (κ3) is 5.20. The molecule has 0 bridgehead atoms. The number of rotatable bonds is 5. The molecular formula is C29H29ClN2O4. The Labute approximate surface area is 215 Å². The number of amides is 2. The van der Waals surface area contributed by atoms with E-state index in [9.17, 15) is 19.5 Å². The maximum Gasteiger partial charge on any atom is 0.235 e. The highest BCUT2D eigenvalue weighted by molar-refractivity contribution is 6.30. The molecular weight excluding hydrogens is 476 g/mol. The molecule has 7 heteroatoms. The van der Waals surface area contributed by atoms with Crippen molar-refractivity contribution >= 4 is 40.6 Å². The van der Waals surface area contributed by atoms with E-state index >= 15 is 0 Å². The molecule has 0 spiro atoms. The van der Waals surface area contributed by atoms with Gasteiger partial charge in [-0.1, -0.05) is 60.1 Å². The summed E-state index contributed by atoms with van der Waals surface area (Å²) in [5, 5.41) is 17.7. The number of hydrogen-bond acceptors (Lipinski definition) is 4. The van der Waals surface area contributed by atoms with Crippen LogP contribution in [0.5, 0.6) is 0 Å². The van der Waals surface area contributed by atoms with Gasteiger partial charge in [0.2, 0.25) is 11.8 Å². The van der Waals surface area contributed by atoms with Crippen LogP contribution in [0, 0.1) is 25.7 Å². The lowest BCUT2D eigenvalue weighted by Gasteiger charge is -2.44. The van der Waals surface area contributed by atoms with Crippen LogP contribution in [-0.4, -0.2) is 28.3 Å². The molecule has 6 nitrogen and oxygen atoms in total. The van der Waals surface area contributed by atoms with Gasteiger partial charge in [-0.05, 0) is 61.7 Å². The van der Waals surface area contributed by atoms with Gasteiger partial charge < -0.3 is 15.7 Å². The zero-order valence-corrected chi connectivity index (χ0v) is 21.2. The van der Waals surface area contributed by atoms with Crippen LogP contribution < -0.4 is 10.6 Å². The Kier molecular flexibility index (Phi) is 7.29. The lowest BCUT2D eigenvalue weighted by Crippen LogP contribution is -2.56. The van der Waals surface area contributed by atoms with Gasteiger partial charge in [0.05, 0.1) is 11.5 Å². The Balaban J connectivity index is 1.78. The van der Waals surface area contributed by atoms with Gasteiger partial charge >= 0.3 is 0 Å². The lowest BCUT2D eigenvalue weighted by atomic mass is 9.61. The number of hydrogen-bond donors (Lipinski definition) is 3. The smallest absolute Gasteiger partial charge is 0.235 e. The molecule has 3 N–H and O–H groups in total. The van der Waals surface area contributed by atoms with Gasteiger partial charge in [-0.3, -0.25) is 14.4 Å². The van der Waals surface area contributed by atoms with Gasteiger partial charge in [-0.15, -0.1) is 0 Å². The summed E-state index contributed by atoms with van der Waals surface area (Å²) in [6, 6.07) is 21.3. The maximum atomic E-state index is 13.7. The van der Waals surface area contributed by atoms with E-state index in [4.69, 9.17) is 11.6 Å². The summed E-state index contributed by atoms with van der Waals surface area (Å²) in [4.78, 5) is 40.7. The fourth-order valence-corrected chi connectivity index (χ4v) is 5.15. The molecule has 1 aliphatic carbocycles. The largest absolute Gasteiger partial charge is 0.389 e. The number of aryl methyl sites for hydroxylation is 2. The van der Waals surface area contributed by atoms with Crippen LogP contribution in [-0.2, 0) is 14.4 Å². The van der Waals surface area contributed by atoms with E-state index in [1.165, 1.54) is 6.92 Å². The Morgan fingerprint density at radius 2 is 1.36 bits per heavy atom. The lowest BCUT2D eigenvalue weighted by molar-refractivity contribution is -0.150. The van der Waals surface area contributed by atoms with Crippen molar-refractivity contribution in [1.29, 1.82) is 0 Å². The maximum absolute atomic E-state index is 13.7. The molecule has 0 unspecified atom stereocenters. The van der Waals surface area contributed by atoms with Crippen LogP contribution >= 0.6 is 11.6 Å². The van der Waals surface area contributed by atoms with E-state index in [1.54, 1.807) is 48.5 Å². The SMILES string of the molecule is Cc1ccccc1NC(=O)[C@@H]1C(=O)C[C@](C)(O)[C@@H](C(=O)Nc2ccccc2C)[C@@H]1c1ccc(Cl)cc1. The number of ketones is 1. The third-order valence-electron chi connectivity index (χ3n) is 6.89. The zero-order valence-electron chi connectivity index (χ0n) is 20.4. The summed E-state index contributed by atoms with van der Waals surface area (Å²) in [6.45, 7) is 5.21. The summed E-state index contributed by atoms with van der Waals surface area (Å²) in [7, 11) is 0. The molecule has 4 rings (SSSR count). The summed E-state index contributed by atoms with van der Waals surface area (Å²) < 4.78 is 0. The van der Waals surface area contributed by atoms with E-state index < -0.39 is 41.0 Å². The molecule has 1 saturated carbocycles. The highest BCUT2D eigenvalue weighted by Gasteiger charge is 2.55. The Hall–Kier alpha value is -3.48. The minimum Gasteiger partial charge on any atom is -0.389 e. The van der Waals surface area contributed by atoms with E-state index in [1.807, 2.05) is 38.1 Å². The Morgan fingerprint density at radius 1 is 0.861 bits per heavy atom. The van der Waals surface area contributed by atoms with Crippen molar-refractivity contribution < 1.29 is 19.5 Å². The molecule has 1 fully saturated rings. The van der Waals surface area contributed by atoms with Gasteiger partial charge in [-0.25, -0.2) is 0 Å². The fourth-order valence-electron chi connectivity index (χ4n) is 5.02. The van der Waals surface area contributed by atoms with Crippen LogP contribution in [0.25, 0.3) is 0 Å². The molecule has 0 aromatic heterocycles. The second kappa shape index (κ2) is 10.2. The predicted molar refractivity (Wildman–Crippen MR) is 141 cm³/mol. The van der Waals surface area contributed by atoms with Crippen molar-refractivity contribution in [3.8, 4) is 0 Å². The number of nitrogens with one attached hydrogen (secondary N) is 2. The number of para-hydroxylation sites is 2. The van der Waals surface area contributed by atoms with E-state index in [2.05, 4.69) is 10.6 Å². The molecule has 0 heterocycles. The first-order valence-electron chi connectivity index (χ1n) is 11.8. The normalized spacial score (nSPS) is 23.7. The van der Waals surface area contributed by atoms with Crippen LogP contribution in [0.3, 0.4) is 0 Å². The molecule has 3 aromatic carbocycles. The molecule has 0 saturated heterocycles. The predicted octanol–water partition coefficient (Wildman–Crippen LogP) is 5.27. The molecule has 0 radical (unpaired) electrons. The number of carbonyl (C=O) groups is 3. The summed E-state index contributed by atoms with van der Waals surface area (Å²) in [6.07, 6.45) is -0.325. The summed E-state index contributed by atoms with van der Waals surface area (Å²) in [5.41, 5.74) is 1.79. The van der Waals surface area contributed by atoms with Gasteiger partial charge in [-0.2, -0.15) is 0 Å². The minimum atomic E-state index is -1.67. The highest BCUT2D eigenvalue weighted by Crippen LogP contribution is 2.47. The standard InChI is InChI=1S/C29H29ClN2O4/c1-17-8-4-6-10-21(17)31-27(34)25-23(33)16-29(3,36)26(24(25)19-12-14-20(30)15-13-19)28(35)32-22-11-7-5-9-18(22)2/h4-15,24-26,36H,16H2,1-3H3,(H,31,34)(H,32,35)/t24-,25-,26-,29+/m1/s1. The van der Waals surface area contributed by atoms with Crippen molar-refractivity contribution in [3.63, 3.8) is 0 Å². The average molecular weight is 505 g/mol. The van der Waals surface area contributed by atoms with Crippen LogP contribution in [0.1, 0.15) is 36.0 Å². The van der Waals surface area contributed by atoms with E-state index in [0.29, 0.717) is 22.0 Å². The van der Waals surface area contributed by atoms with Crippen molar-refractivity contribution in [1.82, 2.24) is 0 Å². The van der Waals surface area contributed by atoms with E-state index in [0.717, 1.165) is 11.1 Å². The molecule has 1 aliphatic rings. The molecule has 4 atom stereocenters. The summed E-state index contributed by atoms with van der Waals surface area (Å²) in [5.74, 6) is -4.58. The molecule has 0 aliphatic heterocycles. The molecule has 186 valence electrons. The van der Waals surface area contributed by atoms with Gasteiger partial charge in [0.15, 0.2) is 0 Å². The van der Waals surface area contributed by atoms with Crippen molar-refractivity contribution in [2.24, 2.45) is 11.8 Å².